The normalized spacial score (nSPS) is 32.1. The lowest BCUT2D eigenvalue weighted by Crippen LogP contribution is -2.17. The van der Waals surface area contributed by atoms with Crippen molar-refractivity contribution in [2.75, 3.05) is 6.61 Å². The first kappa shape index (κ1) is 9.26. The van der Waals surface area contributed by atoms with Crippen LogP contribution in [0.1, 0.15) is 46.0 Å². The van der Waals surface area contributed by atoms with E-state index in [1.54, 1.807) is 11.1 Å². The van der Waals surface area contributed by atoms with E-state index in [9.17, 15) is 5.11 Å². The Bertz CT molecular complexity index is 238. The largest absolute Gasteiger partial charge is 0.396 e. The molecule has 13 heavy (non-hydrogen) atoms. The highest BCUT2D eigenvalue weighted by Gasteiger charge is 2.36. The Balaban J connectivity index is 2.29. The van der Waals surface area contributed by atoms with Crippen LogP contribution >= 0.6 is 0 Å². The summed E-state index contributed by atoms with van der Waals surface area (Å²) in [4.78, 5) is 0. The minimum absolute atomic E-state index is 0.370. The maximum absolute atomic E-state index is 9.27. The molecule has 0 saturated carbocycles. The van der Waals surface area contributed by atoms with E-state index in [0.29, 0.717) is 17.9 Å². The van der Waals surface area contributed by atoms with Crippen LogP contribution < -0.4 is 0 Å². The van der Waals surface area contributed by atoms with Gasteiger partial charge in [0.15, 0.2) is 0 Å². The van der Waals surface area contributed by atoms with Gasteiger partial charge in [0.1, 0.15) is 0 Å². The molecular weight excluding hydrogens is 160 g/mol. The van der Waals surface area contributed by atoms with Crippen LogP contribution in [0.15, 0.2) is 11.1 Å². The summed E-state index contributed by atoms with van der Waals surface area (Å²) in [5.74, 6) is 0.505. The first-order valence-electron chi connectivity index (χ1n) is 5.48. The molecule has 1 N–H and O–H groups in total. The highest BCUT2D eigenvalue weighted by atomic mass is 16.3. The van der Waals surface area contributed by atoms with Crippen LogP contribution in [0, 0.1) is 11.3 Å². The average Bonchev–Trinajstić information content (AvgIpc) is 2.43. The molecule has 0 aliphatic heterocycles. The second kappa shape index (κ2) is 3.13. The lowest BCUT2D eigenvalue weighted by molar-refractivity contribution is 0.230. The van der Waals surface area contributed by atoms with E-state index in [4.69, 9.17) is 0 Å². The van der Waals surface area contributed by atoms with Crippen LogP contribution in [0.5, 0.6) is 0 Å². The topological polar surface area (TPSA) is 20.2 Å². The van der Waals surface area contributed by atoms with E-state index < -0.39 is 0 Å². The van der Waals surface area contributed by atoms with E-state index in [2.05, 4.69) is 13.8 Å². The number of allylic oxidation sites excluding steroid dienone is 1. The van der Waals surface area contributed by atoms with E-state index in [1.165, 1.54) is 32.1 Å². The molecule has 0 heterocycles. The minimum atomic E-state index is 0.370. The van der Waals surface area contributed by atoms with Gasteiger partial charge >= 0.3 is 0 Å². The lowest BCUT2D eigenvalue weighted by Gasteiger charge is -2.29. The predicted molar refractivity (Wildman–Crippen MR) is 54.5 cm³/mol. The fraction of sp³-hybridized carbons (Fsp3) is 0.833. The number of aliphatic hydroxyl groups excluding tert-OH is 1. The lowest BCUT2D eigenvalue weighted by atomic mass is 9.77. The average molecular weight is 180 g/mol. The molecule has 0 aromatic rings. The van der Waals surface area contributed by atoms with E-state index in [-0.39, 0.29) is 0 Å². The van der Waals surface area contributed by atoms with Crippen LogP contribution in [-0.2, 0) is 0 Å². The van der Waals surface area contributed by atoms with Crippen LogP contribution in [0.2, 0.25) is 0 Å². The second-order valence-corrected chi connectivity index (χ2v) is 5.16. The zero-order valence-corrected chi connectivity index (χ0v) is 8.77. The smallest absolute Gasteiger partial charge is 0.0496 e. The van der Waals surface area contributed by atoms with Gasteiger partial charge in [-0.2, -0.15) is 0 Å². The van der Waals surface area contributed by atoms with Crippen molar-refractivity contribution in [1.82, 2.24) is 0 Å². The van der Waals surface area contributed by atoms with Gasteiger partial charge in [0.05, 0.1) is 0 Å². The quantitative estimate of drug-likeness (QED) is 0.615. The molecule has 0 aromatic heterocycles. The van der Waals surface area contributed by atoms with E-state index in [0.717, 1.165) is 0 Å². The molecule has 1 unspecified atom stereocenters. The fourth-order valence-corrected chi connectivity index (χ4v) is 3.03. The number of hydrogen-bond donors (Lipinski definition) is 1. The number of aliphatic hydroxyl groups is 1. The molecule has 0 saturated heterocycles. The summed E-state index contributed by atoms with van der Waals surface area (Å²) in [6.07, 6.45) is 6.33. The highest BCUT2D eigenvalue weighted by Crippen LogP contribution is 2.50. The molecule has 2 aliphatic carbocycles. The molecule has 1 heteroatoms. The fourth-order valence-electron chi connectivity index (χ4n) is 3.03. The van der Waals surface area contributed by atoms with E-state index >= 15 is 0 Å². The molecule has 0 fully saturated rings. The van der Waals surface area contributed by atoms with Gasteiger partial charge in [-0.05, 0) is 37.5 Å². The summed E-state index contributed by atoms with van der Waals surface area (Å²) in [7, 11) is 0. The highest BCUT2D eigenvalue weighted by molar-refractivity contribution is 5.30. The summed E-state index contributed by atoms with van der Waals surface area (Å²) in [5.41, 5.74) is 3.72. The van der Waals surface area contributed by atoms with Crippen molar-refractivity contribution < 1.29 is 5.11 Å². The van der Waals surface area contributed by atoms with Crippen molar-refractivity contribution in [2.24, 2.45) is 11.3 Å². The second-order valence-electron chi connectivity index (χ2n) is 5.16. The molecule has 1 atom stereocenters. The van der Waals surface area contributed by atoms with Gasteiger partial charge in [0.25, 0.3) is 0 Å². The van der Waals surface area contributed by atoms with Gasteiger partial charge in [-0.1, -0.05) is 25.0 Å². The molecule has 0 amide bonds. The SMILES string of the molecule is CC1(C)CCC2=C1CCCC2CO. The van der Waals surface area contributed by atoms with Crippen LogP contribution in [0.4, 0.5) is 0 Å². The summed E-state index contributed by atoms with van der Waals surface area (Å²) >= 11 is 0. The van der Waals surface area contributed by atoms with Crippen molar-refractivity contribution in [3.8, 4) is 0 Å². The van der Waals surface area contributed by atoms with Crippen LogP contribution in [0.25, 0.3) is 0 Å². The van der Waals surface area contributed by atoms with Gasteiger partial charge in [-0.3, -0.25) is 0 Å². The number of hydrogen-bond acceptors (Lipinski definition) is 1. The Labute approximate surface area is 80.8 Å². The number of rotatable bonds is 1. The third-order valence-electron chi connectivity index (χ3n) is 3.92. The molecule has 0 aromatic carbocycles. The van der Waals surface area contributed by atoms with Gasteiger partial charge in [0.2, 0.25) is 0 Å². The van der Waals surface area contributed by atoms with E-state index in [1.807, 2.05) is 0 Å². The summed E-state index contributed by atoms with van der Waals surface area (Å²) in [6, 6.07) is 0. The molecule has 2 rings (SSSR count). The standard InChI is InChI=1S/C12H20O/c1-12(2)7-6-10-9(8-13)4-3-5-11(10)12/h9,13H,3-8H2,1-2H3. The first-order chi connectivity index (χ1) is 6.15. The summed E-state index contributed by atoms with van der Waals surface area (Å²) in [6.45, 7) is 5.08. The zero-order valence-electron chi connectivity index (χ0n) is 8.77. The van der Waals surface area contributed by atoms with Crippen LogP contribution in [-0.4, -0.2) is 11.7 Å². The Kier molecular flexibility index (Phi) is 2.23. The van der Waals surface area contributed by atoms with Gasteiger partial charge in [0, 0.05) is 12.5 Å². The molecule has 74 valence electrons. The Morgan fingerprint density at radius 2 is 2.15 bits per heavy atom. The molecule has 0 radical (unpaired) electrons. The summed E-state index contributed by atoms with van der Waals surface area (Å²) < 4.78 is 0. The zero-order chi connectivity index (χ0) is 9.47. The molecule has 1 nitrogen and oxygen atoms in total. The van der Waals surface area contributed by atoms with Gasteiger partial charge < -0.3 is 5.11 Å². The van der Waals surface area contributed by atoms with Crippen molar-refractivity contribution in [2.45, 2.75) is 46.0 Å². The van der Waals surface area contributed by atoms with Crippen molar-refractivity contribution in [3.63, 3.8) is 0 Å². The Hall–Kier alpha value is -0.300. The van der Waals surface area contributed by atoms with Crippen LogP contribution in [0.3, 0.4) is 0 Å². The summed E-state index contributed by atoms with van der Waals surface area (Å²) in [5, 5.41) is 9.27. The van der Waals surface area contributed by atoms with Crippen molar-refractivity contribution in [3.05, 3.63) is 11.1 Å². The Morgan fingerprint density at radius 1 is 1.38 bits per heavy atom. The van der Waals surface area contributed by atoms with Crippen molar-refractivity contribution in [1.29, 1.82) is 0 Å². The minimum Gasteiger partial charge on any atom is -0.396 e. The molecule has 0 bridgehead atoms. The van der Waals surface area contributed by atoms with Gasteiger partial charge in [-0.15, -0.1) is 0 Å². The molecule has 2 aliphatic rings. The molecule has 0 spiro atoms. The molecular formula is C12H20O. The monoisotopic (exact) mass is 180 g/mol. The maximum Gasteiger partial charge on any atom is 0.0496 e. The van der Waals surface area contributed by atoms with Crippen molar-refractivity contribution >= 4 is 0 Å². The predicted octanol–water partition coefficient (Wildman–Crippen LogP) is 2.90. The first-order valence-corrected chi connectivity index (χ1v) is 5.48. The maximum atomic E-state index is 9.27. The Morgan fingerprint density at radius 3 is 2.85 bits per heavy atom. The van der Waals surface area contributed by atoms with Gasteiger partial charge in [-0.25, -0.2) is 0 Å². The third-order valence-corrected chi connectivity index (χ3v) is 3.92. The third kappa shape index (κ3) is 1.43.